The quantitative estimate of drug-likeness (QED) is 0.618. The molecule has 0 fully saturated rings. The van der Waals surface area contributed by atoms with Crippen LogP contribution in [0.1, 0.15) is 29.8 Å². The fourth-order valence-electron chi connectivity index (χ4n) is 2.33. The monoisotopic (exact) mass is 262 g/mol. The fourth-order valence-corrected chi connectivity index (χ4v) is 2.33. The second kappa shape index (κ2) is 4.96. The number of ketones is 1. The van der Waals surface area contributed by atoms with E-state index in [1.54, 1.807) is 13.2 Å². The van der Waals surface area contributed by atoms with Gasteiger partial charge in [0.1, 0.15) is 28.9 Å². The first-order valence-corrected chi connectivity index (χ1v) is 6.10. The lowest BCUT2D eigenvalue weighted by molar-refractivity contribution is 0.101. The summed E-state index contributed by atoms with van der Waals surface area (Å²) in [5, 5.41) is 0. The summed E-state index contributed by atoms with van der Waals surface area (Å²) < 4.78 is 16.5. The molecule has 2 rings (SSSR count). The summed E-state index contributed by atoms with van der Waals surface area (Å²) in [6, 6.07) is 1.75. The number of rotatable bonds is 4. The molecule has 4 heteroatoms. The second-order valence-corrected chi connectivity index (χ2v) is 4.68. The Morgan fingerprint density at radius 3 is 2.53 bits per heavy atom. The highest BCUT2D eigenvalue weighted by molar-refractivity contribution is 6.00. The third-order valence-corrected chi connectivity index (χ3v) is 3.29. The Morgan fingerprint density at radius 2 is 2.05 bits per heavy atom. The van der Waals surface area contributed by atoms with Gasteiger partial charge < -0.3 is 14.2 Å². The molecule has 0 aromatic heterocycles. The number of hydrogen-bond donors (Lipinski definition) is 0. The predicted molar refractivity (Wildman–Crippen MR) is 72.5 cm³/mol. The molecule has 102 valence electrons. The Morgan fingerprint density at radius 1 is 1.37 bits per heavy atom. The molecule has 1 aliphatic rings. The molecule has 19 heavy (non-hydrogen) atoms. The zero-order chi connectivity index (χ0) is 14.2. The van der Waals surface area contributed by atoms with Gasteiger partial charge in [0.05, 0.1) is 14.2 Å². The van der Waals surface area contributed by atoms with Gasteiger partial charge in [-0.1, -0.05) is 6.58 Å². The lowest BCUT2D eigenvalue weighted by Gasteiger charge is -2.14. The van der Waals surface area contributed by atoms with Crippen LogP contribution >= 0.6 is 0 Å². The summed E-state index contributed by atoms with van der Waals surface area (Å²) in [5.74, 6) is 1.64. The van der Waals surface area contributed by atoms with Crippen LogP contribution in [0, 0.1) is 0 Å². The number of fused-ring (bicyclic) bond motifs is 1. The fraction of sp³-hybridized carbons (Fsp3) is 0.400. The first-order chi connectivity index (χ1) is 8.99. The molecule has 0 saturated heterocycles. The zero-order valence-electron chi connectivity index (χ0n) is 11.7. The molecule has 0 radical (unpaired) electrons. The van der Waals surface area contributed by atoms with E-state index in [1.165, 1.54) is 14.0 Å². The maximum atomic E-state index is 11.8. The van der Waals surface area contributed by atoms with Crippen LogP contribution in [-0.4, -0.2) is 26.1 Å². The van der Waals surface area contributed by atoms with E-state index >= 15 is 0 Å². The SMILES string of the molecule is C=C(C)C1Cc2c(cc(OC)c(C(C)=O)c2OC)O1. The number of carbonyl (C=O) groups excluding carboxylic acids is 1. The van der Waals surface area contributed by atoms with Crippen molar-refractivity contribution in [3.8, 4) is 17.2 Å². The molecule has 0 amide bonds. The molecule has 0 bridgehead atoms. The van der Waals surface area contributed by atoms with E-state index in [4.69, 9.17) is 14.2 Å². The van der Waals surface area contributed by atoms with E-state index < -0.39 is 0 Å². The van der Waals surface area contributed by atoms with E-state index in [1.807, 2.05) is 6.92 Å². The average molecular weight is 262 g/mol. The van der Waals surface area contributed by atoms with Gasteiger partial charge in [0.15, 0.2) is 5.78 Å². The number of ether oxygens (including phenoxy) is 3. The number of carbonyl (C=O) groups is 1. The largest absolute Gasteiger partial charge is 0.496 e. The molecule has 0 aliphatic carbocycles. The first kappa shape index (κ1) is 13.5. The molecular formula is C15H18O4. The summed E-state index contributed by atoms with van der Waals surface area (Å²) in [6.45, 7) is 7.33. The van der Waals surface area contributed by atoms with Gasteiger partial charge in [0, 0.05) is 18.1 Å². The maximum absolute atomic E-state index is 11.8. The second-order valence-electron chi connectivity index (χ2n) is 4.68. The number of hydrogen-bond acceptors (Lipinski definition) is 4. The van der Waals surface area contributed by atoms with Gasteiger partial charge in [-0.15, -0.1) is 0 Å². The summed E-state index contributed by atoms with van der Waals surface area (Å²) in [7, 11) is 3.08. The van der Waals surface area contributed by atoms with Crippen LogP contribution in [-0.2, 0) is 6.42 Å². The molecule has 1 heterocycles. The minimum Gasteiger partial charge on any atom is -0.496 e. The summed E-state index contributed by atoms with van der Waals surface area (Å²) in [5.41, 5.74) is 2.32. The minimum absolute atomic E-state index is 0.0733. The molecule has 1 atom stereocenters. The van der Waals surface area contributed by atoms with Crippen LogP contribution in [0.5, 0.6) is 17.2 Å². The summed E-state index contributed by atoms with van der Waals surface area (Å²) in [6.07, 6.45) is 0.591. The standard InChI is InChI=1S/C15H18O4/c1-8(2)11-6-10-12(19-11)7-13(17-4)14(9(3)16)15(10)18-5/h7,11H,1,6H2,2-5H3. The van der Waals surface area contributed by atoms with Gasteiger partial charge in [0.2, 0.25) is 0 Å². The van der Waals surface area contributed by atoms with Crippen LogP contribution in [0.15, 0.2) is 18.2 Å². The van der Waals surface area contributed by atoms with Crippen LogP contribution < -0.4 is 14.2 Å². The molecule has 1 unspecified atom stereocenters. The smallest absolute Gasteiger partial charge is 0.167 e. The number of benzene rings is 1. The van der Waals surface area contributed by atoms with E-state index in [0.717, 1.165) is 11.1 Å². The van der Waals surface area contributed by atoms with Gasteiger partial charge >= 0.3 is 0 Å². The average Bonchev–Trinajstić information content (AvgIpc) is 2.79. The highest BCUT2D eigenvalue weighted by atomic mass is 16.5. The topological polar surface area (TPSA) is 44.8 Å². The van der Waals surface area contributed by atoms with E-state index in [9.17, 15) is 4.79 Å². The Kier molecular flexibility index (Phi) is 3.51. The van der Waals surface area contributed by atoms with Crippen molar-refractivity contribution in [2.24, 2.45) is 0 Å². The summed E-state index contributed by atoms with van der Waals surface area (Å²) in [4.78, 5) is 11.8. The van der Waals surface area contributed by atoms with Gasteiger partial charge in [-0.25, -0.2) is 0 Å². The van der Waals surface area contributed by atoms with Crippen molar-refractivity contribution in [2.45, 2.75) is 26.4 Å². The molecular weight excluding hydrogens is 244 g/mol. The molecule has 1 aromatic rings. The van der Waals surface area contributed by atoms with E-state index in [2.05, 4.69) is 6.58 Å². The molecule has 1 aliphatic heterocycles. The Bertz CT molecular complexity index is 546. The minimum atomic E-state index is -0.0877. The number of Topliss-reactive ketones (excluding diaryl/α,β-unsaturated/α-hetero) is 1. The predicted octanol–water partition coefficient (Wildman–Crippen LogP) is 2.79. The summed E-state index contributed by atoms with van der Waals surface area (Å²) >= 11 is 0. The van der Waals surface area contributed by atoms with Gasteiger partial charge in [0.25, 0.3) is 0 Å². The van der Waals surface area contributed by atoms with Crippen molar-refractivity contribution >= 4 is 5.78 Å². The van der Waals surface area contributed by atoms with Crippen molar-refractivity contribution in [3.05, 3.63) is 29.3 Å². The normalized spacial score (nSPS) is 16.5. The molecule has 0 spiro atoms. The van der Waals surface area contributed by atoms with Crippen molar-refractivity contribution < 1.29 is 19.0 Å². The van der Waals surface area contributed by atoms with Crippen LogP contribution in [0.25, 0.3) is 0 Å². The Balaban J connectivity index is 2.60. The molecule has 0 saturated carbocycles. The van der Waals surface area contributed by atoms with Crippen molar-refractivity contribution in [3.63, 3.8) is 0 Å². The van der Waals surface area contributed by atoms with Crippen LogP contribution in [0.4, 0.5) is 0 Å². The zero-order valence-corrected chi connectivity index (χ0v) is 11.7. The van der Waals surface area contributed by atoms with Crippen LogP contribution in [0.3, 0.4) is 0 Å². The van der Waals surface area contributed by atoms with Gasteiger partial charge in [-0.2, -0.15) is 0 Å². The third-order valence-electron chi connectivity index (χ3n) is 3.29. The lowest BCUT2D eigenvalue weighted by Crippen LogP contribution is -2.13. The van der Waals surface area contributed by atoms with Crippen molar-refractivity contribution in [2.75, 3.05) is 14.2 Å². The Labute approximate surface area is 113 Å². The van der Waals surface area contributed by atoms with Gasteiger partial charge in [-0.3, -0.25) is 4.79 Å². The third kappa shape index (κ3) is 2.18. The first-order valence-electron chi connectivity index (χ1n) is 6.10. The van der Waals surface area contributed by atoms with Gasteiger partial charge in [-0.05, 0) is 19.4 Å². The van der Waals surface area contributed by atoms with E-state index in [-0.39, 0.29) is 11.9 Å². The highest BCUT2D eigenvalue weighted by Crippen LogP contribution is 2.44. The van der Waals surface area contributed by atoms with Crippen molar-refractivity contribution in [1.29, 1.82) is 0 Å². The highest BCUT2D eigenvalue weighted by Gasteiger charge is 2.31. The van der Waals surface area contributed by atoms with Crippen molar-refractivity contribution in [1.82, 2.24) is 0 Å². The van der Waals surface area contributed by atoms with Crippen LogP contribution in [0.2, 0.25) is 0 Å². The molecule has 0 N–H and O–H groups in total. The van der Waals surface area contributed by atoms with E-state index in [0.29, 0.717) is 29.2 Å². The molecule has 4 nitrogen and oxygen atoms in total. The number of methoxy groups -OCH3 is 2. The Hall–Kier alpha value is -1.97. The maximum Gasteiger partial charge on any atom is 0.167 e. The molecule has 1 aromatic carbocycles. The lowest BCUT2D eigenvalue weighted by atomic mass is 9.99.